The van der Waals surface area contributed by atoms with Gasteiger partial charge in [0.25, 0.3) is 0 Å². The SMILES string of the molecule is CC(C)(C)OC(=O)n1cc(-c2cnc3cc(Br)ccc3n2)c(C2CC2)n1. The molecular formula is C19H19BrN4O2. The minimum atomic E-state index is -0.570. The highest BCUT2D eigenvalue weighted by Gasteiger charge is 2.32. The molecule has 1 aromatic carbocycles. The summed E-state index contributed by atoms with van der Waals surface area (Å²) in [5, 5.41) is 4.49. The molecule has 0 radical (unpaired) electrons. The maximum Gasteiger partial charge on any atom is 0.435 e. The number of nitrogens with zero attached hydrogens (tertiary/aromatic N) is 4. The molecule has 2 heterocycles. The van der Waals surface area contributed by atoms with Crippen molar-refractivity contribution in [3.8, 4) is 11.3 Å². The molecule has 1 aliphatic rings. The van der Waals surface area contributed by atoms with Crippen molar-refractivity contribution in [1.82, 2.24) is 19.7 Å². The van der Waals surface area contributed by atoms with Gasteiger partial charge in [-0.2, -0.15) is 9.78 Å². The van der Waals surface area contributed by atoms with Crippen LogP contribution in [0.5, 0.6) is 0 Å². The van der Waals surface area contributed by atoms with E-state index in [9.17, 15) is 4.79 Å². The van der Waals surface area contributed by atoms with Crippen molar-refractivity contribution in [1.29, 1.82) is 0 Å². The lowest BCUT2D eigenvalue weighted by Gasteiger charge is -2.18. The van der Waals surface area contributed by atoms with E-state index in [0.29, 0.717) is 5.92 Å². The second kappa shape index (κ2) is 6.16. The Hall–Kier alpha value is -2.28. The molecule has 0 saturated heterocycles. The maximum atomic E-state index is 12.4. The molecule has 1 saturated carbocycles. The number of benzene rings is 1. The van der Waals surface area contributed by atoms with E-state index in [1.54, 1.807) is 12.4 Å². The van der Waals surface area contributed by atoms with Gasteiger partial charge in [-0.1, -0.05) is 15.9 Å². The molecule has 1 fully saturated rings. The Morgan fingerprint density at radius 3 is 2.73 bits per heavy atom. The lowest BCUT2D eigenvalue weighted by atomic mass is 10.1. The van der Waals surface area contributed by atoms with Gasteiger partial charge in [0, 0.05) is 22.2 Å². The van der Waals surface area contributed by atoms with Crippen LogP contribution >= 0.6 is 15.9 Å². The Labute approximate surface area is 159 Å². The number of aromatic nitrogens is 4. The molecule has 0 aliphatic heterocycles. The molecule has 0 unspecified atom stereocenters. The van der Waals surface area contributed by atoms with Crippen molar-refractivity contribution in [3.63, 3.8) is 0 Å². The van der Waals surface area contributed by atoms with Crippen LogP contribution < -0.4 is 0 Å². The summed E-state index contributed by atoms with van der Waals surface area (Å²) in [5.41, 5.74) is 3.50. The Kier molecular flexibility index (Phi) is 4.06. The summed E-state index contributed by atoms with van der Waals surface area (Å²) in [6.45, 7) is 5.51. The molecule has 134 valence electrons. The summed E-state index contributed by atoms with van der Waals surface area (Å²) in [5.74, 6) is 0.371. The third kappa shape index (κ3) is 3.49. The summed E-state index contributed by atoms with van der Waals surface area (Å²) in [6.07, 6.45) is 5.11. The monoisotopic (exact) mass is 414 g/mol. The number of hydrogen-bond acceptors (Lipinski definition) is 5. The maximum absolute atomic E-state index is 12.4. The number of carbonyl (C=O) groups is 1. The number of fused-ring (bicyclic) bond motifs is 1. The fourth-order valence-electron chi connectivity index (χ4n) is 2.76. The smallest absolute Gasteiger partial charge is 0.435 e. The zero-order chi connectivity index (χ0) is 18.5. The van der Waals surface area contributed by atoms with Crippen LogP contribution in [0.15, 0.2) is 35.1 Å². The molecule has 2 aromatic heterocycles. The highest BCUT2D eigenvalue weighted by Crippen LogP contribution is 2.43. The van der Waals surface area contributed by atoms with Crippen molar-refractivity contribution in [2.75, 3.05) is 0 Å². The van der Waals surface area contributed by atoms with E-state index in [1.807, 2.05) is 39.0 Å². The van der Waals surface area contributed by atoms with Gasteiger partial charge in [-0.05, 0) is 51.8 Å². The van der Waals surface area contributed by atoms with Crippen molar-refractivity contribution in [3.05, 3.63) is 40.8 Å². The van der Waals surface area contributed by atoms with Gasteiger partial charge in [0.1, 0.15) is 5.60 Å². The third-order valence-electron chi connectivity index (χ3n) is 4.07. The Morgan fingerprint density at radius 2 is 2.04 bits per heavy atom. The zero-order valence-electron chi connectivity index (χ0n) is 14.9. The Bertz CT molecular complexity index is 1000. The molecule has 1 aliphatic carbocycles. The van der Waals surface area contributed by atoms with Gasteiger partial charge in [-0.25, -0.2) is 9.78 Å². The molecule has 3 aromatic rings. The average molecular weight is 415 g/mol. The van der Waals surface area contributed by atoms with Crippen molar-refractivity contribution >= 4 is 33.1 Å². The van der Waals surface area contributed by atoms with Crippen LogP contribution in [-0.2, 0) is 4.74 Å². The summed E-state index contributed by atoms with van der Waals surface area (Å²) >= 11 is 3.45. The Morgan fingerprint density at radius 1 is 1.27 bits per heavy atom. The molecule has 0 N–H and O–H groups in total. The van der Waals surface area contributed by atoms with Crippen LogP contribution in [0, 0.1) is 0 Å². The standard InChI is InChI=1S/C19H19BrN4O2/c1-19(2,3)26-18(25)24-10-13(17(23-24)11-4-5-11)16-9-21-15-8-12(20)6-7-14(15)22-16/h6-11H,4-5H2,1-3H3. The molecule has 6 nitrogen and oxygen atoms in total. The minimum absolute atomic E-state index is 0.371. The largest absolute Gasteiger partial charge is 0.442 e. The normalized spacial score (nSPS) is 14.6. The molecular weight excluding hydrogens is 396 g/mol. The highest BCUT2D eigenvalue weighted by atomic mass is 79.9. The number of ether oxygens (including phenoxy) is 1. The first-order valence-corrected chi connectivity index (χ1v) is 9.35. The zero-order valence-corrected chi connectivity index (χ0v) is 16.4. The van der Waals surface area contributed by atoms with Crippen LogP contribution in [0.1, 0.15) is 45.2 Å². The topological polar surface area (TPSA) is 69.9 Å². The lowest BCUT2D eigenvalue weighted by Crippen LogP contribution is -2.27. The number of carbonyl (C=O) groups excluding carboxylic acids is 1. The summed E-state index contributed by atoms with van der Waals surface area (Å²) in [4.78, 5) is 21.6. The summed E-state index contributed by atoms with van der Waals surface area (Å²) < 4.78 is 7.67. The van der Waals surface area contributed by atoms with E-state index in [0.717, 1.165) is 45.3 Å². The molecule has 0 bridgehead atoms. The third-order valence-corrected chi connectivity index (χ3v) is 4.56. The first kappa shape index (κ1) is 17.1. The van der Waals surface area contributed by atoms with Crippen molar-refractivity contribution in [2.24, 2.45) is 0 Å². The average Bonchev–Trinajstić information content (AvgIpc) is 3.31. The van der Waals surface area contributed by atoms with Crippen LogP contribution in [0.2, 0.25) is 0 Å². The fraction of sp³-hybridized carbons (Fsp3) is 0.368. The molecule has 0 spiro atoms. The van der Waals surface area contributed by atoms with Gasteiger partial charge >= 0.3 is 6.09 Å². The van der Waals surface area contributed by atoms with Crippen LogP contribution in [-0.4, -0.2) is 31.4 Å². The molecule has 26 heavy (non-hydrogen) atoms. The quantitative estimate of drug-likeness (QED) is 0.595. The predicted molar refractivity (Wildman–Crippen MR) is 102 cm³/mol. The number of rotatable bonds is 2. The molecule has 0 amide bonds. The molecule has 0 atom stereocenters. The van der Waals surface area contributed by atoms with E-state index in [2.05, 4.69) is 26.0 Å². The van der Waals surface area contributed by atoms with E-state index >= 15 is 0 Å². The van der Waals surface area contributed by atoms with Crippen LogP contribution in [0.4, 0.5) is 4.79 Å². The summed E-state index contributed by atoms with van der Waals surface area (Å²) in [6, 6.07) is 5.79. The van der Waals surface area contributed by atoms with Crippen LogP contribution in [0.25, 0.3) is 22.3 Å². The molecule has 7 heteroatoms. The van der Waals surface area contributed by atoms with Gasteiger partial charge in [0.15, 0.2) is 0 Å². The fourth-order valence-corrected chi connectivity index (χ4v) is 3.11. The van der Waals surface area contributed by atoms with Gasteiger partial charge in [0.2, 0.25) is 0 Å². The predicted octanol–water partition coefficient (Wildman–Crippen LogP) is 4.92. The van der Waals surface area contributed by atoms with Crippen molar-refractivity contribution in [2.45, 2.75) is 45.1 Å². The highest BCUT2D eigenvalue weighted by molar-refractivity contribution is 9.10. The first-order chi connectivity index (χ1) is 12.3. The summed E-state index contributed by atoms with van der Waals surface area (Å²) in [7, 11) is 0. The molecule has 4 rings (SSSR count). The second-order valence-electron chi connectivity index (χ2n) is 7.52. The van der Waals surface area contributed by atoms with E-state index in [4.69, 9.17) is 9.72 Å². The Balaban J connectivity index is 1.76. The van der Waals surface area contributed by atoms with Gasteiger partial charge in [-0.3, -0.25) is 4.98 Å². The van der Waals surface area contributed by atoms with Crippen LogP contribution in [0.3, 0.4) is 0 Å². The second-order valence-corrected chi connectivity index (χ2v) is 8.43. The van der Waals surface area contributed by atoms with E-state index < -0.39 is 11.7 Å². The minimum Gasteiger partial charge on any atom is -0.442 e. The van der Waals surface area contributed by atoms with E-state index in [1.165, 1.54) is 4.68 Å². The van der Waals surface area contributed by atoms with E-state index in [-0.39, 0.29) is 0 Å². The van der Waals surface area contributed by atoms with Crippen molar-refractivity contribution < 1.29 is 9.53 Å². The van der Waals surface area contributed by atoms with Gasteiger partial charge in [0.05, 0.1) is 28.6 Å². The number of hydrogen-bond donors (Lipinski definition) is 0. The lowest BCUT2D eigenvalue weighted by molar-refractivity contribution is 0.0514. The number of halogens is 1. The van der Waals surface area contributed by atoms with Gasteiger partial charge < -0.3 is 4.74 Å². The first-order valence-electron chi connectivity index (χ1n) is 8.56. The van der Waals surface area contributed by atoms with Gasteiger partial charge in [-0.15, -0.1) is 0 Å².